The Hall–Kier alpha value is -3.77. The Bertz CT molecular complexity index is 1280. The molecule has 1 aromatic heterocycles. The molecule has 4 rings (SSSR count). The molecule has 3 aromatic carbocycles. The highest BCUT2D eigenvalue weighted by Crippen LogP contribution is 2.26. The number of nitrogens with one attached hydrogen (secondary N) is 1. The average molecular weight is 489 g/mol. The first kappa shape index (κ1) is 24.4. The zero-order valence-electron chi connectivity index (χ0n) is 20.2. The minimum Gasteiger partial charge on any atom is -0.489 e. The van der Waals surface area contributed by atoms with Crippen LogP contribution >= 0.6 is 11.6 Å². The monoisotopic (exact) mass is 488 g/mol. The molecule has 0 radical (unpaired) electrons. The maximum atomic E-state index is 12.6. The van der Waals surface area contributed by atoms with Crippen LogP contribution in [-0.4, -0.2) is 29.8 Å². The molecule has 7 heteroatoms. The fourth-order valence-corrected chi connectivity index (χ4v) is 3.92. The molecule has 1 N–H and O–H groups in total. The van der Waals surface area contributed by atoms with Gasteiger partial charge < -0.3 is 15.0 Å². The van der Waals surface area contributed by atoms with Crippen molar-refractivity contribution in [3.63, 3.8) is 0 Å². The molecule has 0 aliphatic heterocycles. The van der Waals surface area contributed by atoms with Crippen LogP contribution in [0, 0.1) is 6.92 Å². The van der Waals surface area contributed by atoms with Crippen molar-refractivity contribution in [1.82, 2.24) is 9.78 Å². The summed E-state index contributed by atoms with van der Waals surface area (Å²) < 4.78 is 7.91. The van der Waals surface area contributed by atoms with E-state index in [9.17, 15) is 4.79 Å². The Balaban J connectivity index is 1.42. The lowest BCUT2D eigenvalue weighted by Crippen LogP contribution is -2.15. The van der Waals surface area contributed by atoms with Gasteiger partial charge in [-0.1, -0.05) is 54.1 Å². The Morgan fingerprint density at radius 1 is 1.00 bits per heavy atom. The molecule has 35 heavy (non-hydrogen) atoms. The number of halogens is 1. The van der Waals surface area contributed by atoms with Crippen molar-refractivity contribution in [1.29, 1.82) is 0 Å². The number of anilines is 2. The van der Waals surface area contributed by atoms with E-state index in [-0.39, 0.29) is 12.3 Å². The summed E-state index contributed by atoms with van der Waals surface area (Å²) in [6.07, 6.45) is 0.283. The third kappa shape index (κ3) is 6.64. The van der Waals surface area contributed by atoms with Gasteiger partial charge in [-0.25, -0.2) is 0 Å². The molecule has 0 aliphatic carbocycles. The molecular formula is C28H29ClN4O2. The molecule has 0 unspecified atom stereocenters. The van der Waals surface area contributed by atoms with E-state index in [1.807, 2.05) is 109 Å². The van der Waals surface area contributed by atoms with Crippen LogP contribution in [0.1, 0.15) is 22.4 Å². The van der Waals surface area contributed by atoms with Gasteiger partial charge >= 0.3 is 0 Å². The van der Waals surface area contributed by atoms with Gasteiger partial charge in [0, 0.05) is 42.1 Å². The van der Waals surface area contributed by atoms with Crippen molar-refractivity contribution in [3.05, 3.63) is 106 Å². The van der Waals surface area contributed by atoms with Gasteiger partial charge in [0.1, 0.15) is 12.4 Å². The van der Waals surface area contributed by atoms with Crippen molar-refractivity contribution < 1.29 is 9.53 Å². The van der Waals surface area contributed by atoms with Gasteiger partial charge in [0.2, 0.25) is 5.91 Å². The van der Waals surface area contributed by atoms with Crippen LogP contribution in [-0.2, 0) is 24.4 Å². The molecule has 0 atom stereocenters. The number of rotatable bonds is 9. The number of hydrogen-bond donors (Lipinski definition) is 1. The normalized spacial score (nSPS) is 10.7. The van der Waals surface area contributed by atoms with E-state index in [2.05, 4.69) is 10.4 Å². The zero-order chi connectivity index (χ0) is 24.8. The molecule has 0 bridgehead atoms. The Morgan fingerprint density at radius 3 is 2.46 bits per heavy atom. The maximum absolute atomic E-state index is 12.6. The number of benzene rings is 3. The Morgan fingerprint density at radius 2 is 1.74 bits per heavy atom. The predicted octanol–water partition coefficient (Wildman–Crippen LogP) is 5.72. The second-order valence-corrected chi connectivity index (χ2v) is 9.08. The van der Waals surface area contributed by atoms with Crippen molar-refractivity contribution in [2.75, 3.05) is 24.3 Å². The first-order valence-electron chi connectivity index (χ1n) is 11.4. The third-order valence-corrected chi connectivity index (χ3v) is 5.88. The summed E-state index contributed by atoms with van der Waals surface area (Å²) in [6.45, 7) is 2.89. The molecule has 0 aliphatic rings. The topological polar surface area (TPSA) is 59.4 Å². The number of carbonyl (C=O) groups is 1. The van der Waals surface area contributed by atoms with Gasteiger partial charge in [-0.3, -0.25) is 9.48 Å². The first-order chi connectivity index (χ1) is 16.9. The first-order valence-corrected chi connectivity index (χ1v) is 11.8. The molecule has 0 saturated heterocycles. The standard InChI is InChI=1S/C28H29ClN4O2/c1-20-15-27(30-28(34)16-21-9-12-25(13-10-21)32(2)3)31-33(20)18-23-17-24(29)11-14-26(23)35-19-22-7-5-4-6-8-22/h4-15,17H,16,18-19H2,1-3H3,(H,30,31,34). The molecule has 1 amide bonds. The van der Waals surface area contributed by atoms with Gasteiger partial charge in [0.05, 0.1) is 13.0 Å². The number of aromatic nitrogens is 2. The van der Waals surface area contributed by atoms with Crippen LogP contribution in [0.3, 0.4) is 0 Å². The molecule has 1 heterocycles. The van der Waals surface area contributed by atoms with Crippen molar-refractivity contribution >= 4 is 29.0 Å². The lowest BCUT2D eigenvalue weighted by molar-refractivity contribution is -0.115. The van der Waals surface area contributed by atoms with Crippen molar-refractivity contribution in [3.8, 4) is 5.75 Å². The third-order valence-electron chi connectivity index (χ3n) is 5.65. The van der Waals surface area contributed by atoms with E-state index in [1.54, 1.807) is 0 Å². The van der Waals surface area contributed by atoms with Crippen LogP contribution in [0.4, 0.5) is 11.5 Å². The highest BCUT2D eigenvalue weighted by molar-refractivity contribution is 6.30. The lowest BCUT2D eigenvalue weighted by Gasteiger charge is -2.13. The van der Waals surface area contributed by atoms with Crippen LogP contribution in [0.5, 0.6) is 5.75 Å². The number of ether oxygens (including phenoxy) is 1. The summed E-state index contributed by atoms with van der Waals surface area (Å²) >= 11 is 6.27. The summed E-state index contributed by atoms with van der Waals surface area (Å²) in [6, 6.07) is 25.4. The average Bonchev–Trinajstić information content (AvgIpc) is 3.17. The fraction of sp³-hybridized carbons (Fsp3) is 0.214. The summed E-state index contributed by atoms with van der Waals surface area (Å²) in [5.74, 6) is 1.16. The van der Waals surface area contributed by atoms with E-state index in [0.29, 0.717) is 24.0 Å². The van der Waals surface area contributed by atoms with Crippen LogP contribution < -0.4 is 15.0 Å². The zero-order valence-corrected chi connectivity index (χ0v) is 20.9. The fourth-order valence-electron chi connectivity index (χ4n) is 3.72. The molecule has 180 valence electrons. The van der Waals surface area contributed by atoms with Gasteiger partial charge in [0.15, 0.2) is 5.82 Å². The molecule has 0 spiro atoms. The number of carbonyl (C=O) groups excluding carboxylic acids is 1. The SMILES string of the molecule is Cc1cc(NC(=O)Cc2ccc(N(C)C)cc2)nn1Cc1cc(Cl)ccc1OCc1ccccc1. The number of hydrogen-bond acceptors (Lipinski definition) is 4. The highest BCUT2D eigenvalue weighted by atomic mass is 35.5. The smallest absolute Gasteiger partial charge is 0.229 e. The highest BCUT2D eigenvalue weighted by Gasteiger charge is 2.12. The van der Waals surface area contributed by atoms with Crippen molar-refractivity contribution in [2.45, 2.75) is 26.5 Å². The predicted molar refractivity (Wildman–Crippen MR) is 141 cm³/mol. The van der Waals surface area contributed by atoms with Gasteiger partial charge in [-0.05, 0) is 48.4 Å². The summed E-state index contributed by atoms with van der Waals surface area (Å²) in [7, 11) is 3.98. The quantitative estimate of drug-likeness (QED) is 0.327. The number of amides is 1. The van der Waals surface area contributed by atoms with E-state index in [1.165, 1.54) is 0 Å². The van der Waals surface area contributed by atoms with E-state index in [0.717, 1.165) is 33.8 Å². The number of aryl methyl sites for hydroxylation is 1. The minimum absolute atomic E-state index is 0.109. The van der Waals surface area contributed by atoms with E-state index in [4.69, 9.17) is 16.3 Å². The molecule has 4 aromatic rings. The summed E-state index contributed by atoms with van der Waals surface area (Å²) in [4.78, 5) is 14.6. The number of nitrogens with zero attached hydrogens (tertiary/aromatic N) is 3. The largest absolute Gasteiger partial charge is 0.489 e. The lowest BCUT2D eigenvalue weighted by atomic mass is 10.1. The van der Waals surface area contributed by atoms with Crippen LogP contribution in [0.15, 0.2) is 78.9 Å². The second-order valence-electron chi connectivity index (χ2n) is 8.64. The molecule has 0 saturated carbocycles. The van der Waals surface area contributed by atoms with Crippen molar-refractivity contribution in [2.24, 2.45) is 0 Å². The Labute approximate surface area is 211 Å². The molecule has 6 nitrogen and oxygen atoms in total. The van der Waals surface area contributed by atoms with Crippen LogP contribution in [0.2, 0.25) is 5.02 Å². The summed E-state index contributed by atoms with van der Waals surface area (Å²) in [5, 5.41) is 8.13. The van der Waals surface area contributed by atoms with Gasteiger partial charge in [0.25, 0.3) is 0 Å². The van der Waals surface area contributed by atoms with Gasteiger partial charge in [-0.2, -0.15) is 5.10 Å². The maximum Gasteiger partial charge on any atom is 0.229 e. The van der Waals surface area contributed by atoms with E-state index >= 15 is 0 Å². The van der Waals surface area contributed by atoms with Gasteiger partial charge in [-0.15, -0.1) is 0 Å². The molecular weight excluding hydrogens is 460 g/mol. The van der Waals surface area contributed by atoms with E-state index < -0.39 is 0 Å². The summed E-state index contributed by atoms with van der Waals surface area (Å²) in [5.41, 5.74) is 4.97. The minimum atomic E-state index is -0.109. The van der Waals surface area contributed by atoms with Crippen LogP contribution in [0.25, 0.3) is 0 Å². The Kier molecular flexibility index (Phi) is 7.73. The second kappa shape index (κ2) is 11.1. The molecule has 0 fully saturated rings.